The third-order valence-electron chi connectivity index (χ3n) is 3.67. The van der Waals surface area contributed by atoms with E-state index in [4.69, 9.17) is 4.42 Å². The number of fused-ring (bicyclic) bond motifs is 2. The molecule has 0 fully saturated rings. The van der Waals surface area contributed by atoms with Crippen molar-refractivity contribution >= 4 is 34.1 Å². The van der Waals surface area contributed by atoms with Gasteiger partial charge in [-0.25, -0.2) is 9.18 Å². The summed E-state index contributed by atoms with van der Waals surface area (Å²) in [7, 11) is 0. The van der Waals surface area contributed by atoms with Gasteiger partial charge in [0.15, 0.2) is 17.1 Å². The van der Waals surface area contributed by atoms with Crippen LogP contribution < -0.4 is 10.5 Å². The monoisotopic (exact) mass is 333 g/mol. The lowest BCUT2D eigenvalue weighted by Crippen LogP contribution is -2.19. The predicted octanol–water partition coefficient (Wildman–Crippen LogP) is 3.98. The minimum absolute atomic E-state index is 0.0711. The summed E-state index contributed by atoms with van der Waals surface area (Å²) in [4.78, 5) is 15.0. The molecule has 23 heavy (non-hydrogen) atoms. The Morgan fingerprint density at radius 3 is 2.78 bits per heavy atom. The number of hydrogen-bond acceptors (Lipinski definition) is 5. The first-order chi connectivity index (χ1) is 11.1. The molecule has 1 aliphatic heterocycles. The fourth-order valence-electron chi connectivity index (χ4n) is 2.56. The lowest BCUT2D eigenvalue weighted by atomic mass is 10.2. The van der Waals surface area contributed by atoms with Crippen LogP contribution in [-0.4, -0.2) is 11.0 Å². The molecule has 1 aromatic heterocycles. The van der Waals surface area contributed by atoms with E-state index in [1.165, 1.54) is 6.07 Å². The lowest BCUT2D eigenvalue weighted by Gasteiger charge is -2.17. The van der Waals surface area contributed by atoms with Gasteiger partial charge in [-0.05, 0) is 24.3 Å². The molecule has 1 aliphatic rings. The predicted molar refractivity (Wildman–Crippen MR) is 83.4 cm³/mol. The number of nitrogens with zero attached hydrogens (tertiary/aromatic N) is 1. The van der Waals surface area contributed by atoms with Gasteiger partial charge in [0.05, 0.1) is 11.6 Å². The summed E-state index contributed by atoms with van der Waals surface area (Å²) in [5.74, 6) is -3.04. The Hall–Kier alpha value is -2.54. The number of phenols is 1. The van der Waals surface area contributed by atoms with Gasteiger partial charge in [0.1, 0.15) is 5.69 Å². The molecule has 2 heterocycles. The molecule has 0 atom stereocenters. The molecule has 4 rings (SSSR count). The van der Waals surface area contributed by atoms with Crippen molar-refractivity contribution in [3.63, 3.8) is 0 Å². The second kappa shape index (κ2) is 4.99. The zero-order valence-electron chi connectivity index (χ0n) is 11.5. The van der Waals surface area contributed by atoms with Crippen LogP contribution in [0.25, 0.3) is 11.0 Å². The maximum atomic E-state index is 13.8. The number of benzene rings is 2. The number of anilines is 2. The Balaban J connectivity index is 1.94. The number of aromatic hydroxyl groups is 1. The highest BCUT2D eigenvalue weighted by Crippen LogP contribution is 2.42. The largest absolute Gasteiger partial charge is 0.503 e. The first-order valence-corrected chi connectivity index (χ1v) is 7.69. The molecule has 0 spiro atoms. The van der Waals surface area contributed by atoms with Gasteiger partial charge in [-0.15, -0.1) is 11.8 Å². The molecule has 4 nitrogen and oxygen atoms in total. The molecular weight excluding hydrogens is 324 g/mol. The maximum Gasteiger partial charge on any atom is 0.360 e. The van der Waals surface area contributed by atoms with Crippen molar-refractivity contribution in [2.45, 2.75) is 4.90 Å². The lowest BCUT2D eigenvalue weighted by molar-refractivity contribution is 0.392. The summed E-state index contributed by atoms with van der Waals surface area (Å²) >= 11 is 1.55. The summed E-state index contributed by atoms with van der Waals surface area (Å²) in [6.07, 6.45) is 0. The maximum absolute atomic E-state index is 13.8. The van der Waals surface area contributed by atoms with Gasteiger partial charge in [-0.2, -0.15) is 4.39 Å². The van der Waals surface area contributed by atoms with Crippen LogP contribution in [0.15, 0.2) is 50.5 Å². The summed E-state index contributed by atoms with van der Waals surface area (Å²) in [6.45, 7) is 0. The Morgan fingerprint density at radius 1 is 1.17 bits per heavy atom. The van der Waals surface area contributed by atoms with Crippen molar-refractivity contribution in [1.82, 2.24) is 0 Å². The average Bonchev–Trinajstić information content (AvgIpc) is 2.97. The van der Waals surface area contributed by atoms with Gasteiger partial charge in [0.25, 0.3) is 0 Å². The number of thioether (sulfide) groups is 1. The topological polar surface area (TPSA) is 53.7 Å². The number of rotatable bonds is 1. The Morgan fingerprint density at radius 2 is 1.96 bits per heavy atom. The third kappa shape index (κ3) is 2.08. The molecule has 3 aromatic rings. The first-order valence-electron chi connectivity index (χ1n) is 6.70. The Bertz CT molecular complexity index is 1000. The molecule has 0 saturated heterocycles. The zero-order valence-corrected chi connectivity index (χ0v) is 12.4. The molecule has 7 heteroatoms. The smallest absolute Gasteiger partial charge is 0.360 e. The van der Waals surface area contributed by atoms with Gasteiger partial charge in [-0.1, -0.05) is 12.1 Å². The second-order valence-corrected chi connectivity index (χ2v) is 6.01. The van der Waals surface area contributed by atoms with Crippen LogP contribution in [0.1, 0.15) is 0 Å². The molecule has 2 aromatic carbocycles. The summed E-state index contributed by atoms with van der Waals surface area (Å²) in [5, 5.41) is 9.35. The highest BCUT2D eigenvalue weighted by atomic mass is 32.2. The SMILES string of the molecule is O=c1oc2c(F)c(O)c(F)cc2cc1N1CSc2ccccc21. The fourth-order valence-corrected chi connectivity index (χ4v) is 3.61. The highest BCUT2D eigenvalue weighted by molar-refractivity contribution is 7.99. The Labute approximate surface area is 133 Å². The number of hydrogen-bond donors (Lipinski definition) is 1. The van der Waals surface area contributed by atoms with E-state index in [2.05, 4.69) is 0 Å². The minimum atomic E-state index is -1.28. The van der Waals surface area contributed by atoms with E-state index in [-0.39, 0.29) is 11.1 Å². The van der Waals surface area contributed by atoms with Crippen LogP contribution >= 0.6 is 11.8 Å². The Kier molecular flexibility index (Phi) is 3.05. The second-order valence-electron chi connectivity index (χ2n) is 5.03. The van der Waals surface area contributed by atoms with E-state index in [0.29, 0.717) is 5.88 Å². The summed E-state index contributed by atoms with van der Waals surface area (Å²) < 4.78 is 32.4. The molecule has 1 N–H and O–H groups in total. The van der Waals surface area contributed by atoms with Crippen molar-refractivity contribution in [1.29, 1.82) is 0 Å². The van der Waals surface area contributed by atoms with Crippen molar-refractivity contribution in [2.75, 3.05) is 10.8 Å². The molecule has 0 radical (unpaired) electrons. The molecule has 0 amide bonds. The van der Waals surface area contributed by atoms with Crippen LogP contribution in [-0.2, 0) is 0 Å². The first kappa shape index (κ1) is 14.1. The van der Waals surface area contributed by atoms with Crippen LogP contribution in [0.3, 0.4) is 0 Å². The highest BCUT2D eigenvalue weighted by Gasteiger charge is 2.25. The number of halogens is 2. The van der Waals surface area contributed by atoms with E-state index in [9.17, 15) is 18.7 Å². The molecule has 0 unspecified atom stereocenters. The van der Waals surface area contributed by atoms with Gasteiger partial charge in [-0.3, -0.25) is 0 Å². The van der Waals surface area contributed by atoms with E-state index >= 15 is 0 Å². The van der Waals surface area contributed by atoms with Crippen LogP contribution in [0, 0.1) is 11.6 Å². The van der Waals surface area contributed by atoms with Crippen molar-refractivity contribution in [3.05, 3.63) is 58.5 Å². The zero-order chi connectivity index (χ0) is 16.1. The van der Waals surface area contributed by atoms with Crippen molar-refractivity contribution in [2.24, 2.45) is 0 Å². The van der Waals surface area contributed by atoms with Gasteiger partial charge >= 0.3 is 5.63 Å². The third-order valence-corrected chi connectivity index (χ3v) is 4.71. The van der Waals surface area contributed by atoms with E-state index in [1.807, 2.05) is 24.3 Å². The molecular formula is C16H9F2NO3S. The molecule has 116 valence electrons. The normalized spacial score (nSPS) is 13.6. The van der Waals surface area contributed by atoms with E-state index in [1.54, 1.807) is 16.7 Å². The standard InChI is InChI=1S/C16H9F2NO3S/c17-9-5-8-6-11(16(21)22-15(8)13(18)14(9)20)19-7-23-12-4-2-1-3-10(12)19/h1-6,20H,7H2. The molecule has 0 saturated carbocycles. The van der Waals surface area contributed by atoms with Crippen LogP contribution in [0.4, 0.5) is 20.2 Å². The van der Waals surface area contributed by atoms with Crippen molar-refractivity contribution < 1.29 is 18.3 Å². The van der Waals surface area contributed by atoms with Crippen LogP contribution in [0.2, 0.25) is 0 Å². The van der Waals surface area contributed by atoms with Crippen LogP contribution in [0.5, 0.6) is 5.75 Å². The minimum Gasteiger partial charge on any atom is -0.503 e. The molecule has 0 bridgehead atoms. The number of para-hydroxylation sites is 1. The summed E-state index contributed by atoms with van der Waals surface area (Å²) in [5.41, 5.74) is -0.180. The number of phenolic OH excluding ortho intramolecular Hbond substituents is 1. The quantitative estimate of drug-likeness (QED) is 0.683. The molecule has 0 aliphatic carbocycles. The van der Waals surface area contributed by atoms with Crippen molar-refractivity contribution in [3.8, 4) is 5.75 Å². The average molecular weight is 333 g/mol. The van der Waals surface area contributed by atoms with E-state index < -0.39 is 28.6 Å². The van der Waals surface area contributed by atoms with Gasteiger partial charge in [0.2, 0.25) is 5.82 Å². The van der Waals surface area contributed by atoms with E-state index in [0.717, 1.165) is 16.6 Å². The summed E-state index contributed by atoms with van der Waals surface area (Å²) in [6, 6.07) is 9.84. The fraction of sp³-hybridized carbons (Fsp3) is 0.0625. The van der Waals surface area contributed by atoms with Gasteiger partial charge < -0.3 is 14.4 Å². The van der Waals surface area contributed by atoms with Gasteiger partial charge in [0, 0.05) is 10.3 Å².